The van der Waals surface area contributed by atoms with Crippen LogP contribution in [0.15, 0.2) is 71.2 Å². The number of carbonyl (C=O) groups excluding carboxylic acids is 1. The van der Waals surface area contributed by atoms with Crippen LogP contribution in [0.4, 0.5) is 11.4 Å². The third kappa shape index (κ3) is 4.70. The molecule has 1 heterocycles. The molecule has 2 aromatic carbocycles. The van der Waals surface area contributed by atoms with Crippen molar-refractivity contribution in [1.82, 2.24) is 14.8 Å². The van der Waals surface area contributed by atoms with Gasteiger partial charge in [-0.25, -0.2) is 0 Å². The zero-order valence-electron chi connectivity index (χ0n) is 14.4. The van der Waals surface area contributed by atoms with Crippen LogP contribution in [0.25, 0.3) is 0 Å². The molecular weight excluding hydrogens is 348 g/mol. The quantitative estimate of drug-likeness (QED) is 0.320. The van der Waals surface area contributed by atoms with Crippen molar-refractivity contribution in [2.45, 2.75) is 12.1 Å². The predicted molar refractivity (Wildman–Crippen MR) is 104 cm³/mol. The van der Waals surface area contributed by atoms with Gasteiger partial charge in [-0.1, -0.05) is 35.9 Å². The third-order valence-corrected chi connectivity index (χ3v) is 4.44. The van der Waals surface area contributed by atoms with Gasteiger partial charge in [0, 0.05) is 12.7 Å². The molecule has 0 atom stereocenters. The Kier molecular flexibility index (Phi) is 5.65. The Balaban J connectivity index is 1.80. The van der Waals surface area contributed by atoms with Gasteiger partial charge in [-0.3, -0.25) is 10.2 Å². The van der Waals surface area contributed by atoms with Gasteiger partial charge in [-0.15, -0.1) is 10.2 Å². The lowest BCUT2D eigenvalue weighted by atomic mass is 10.2. The fourth-order valence-corrected chi connectivity index (χ4v) is 2.71. The summed E-state index contributed by atoms with van der Waals surface area (Å²) in [6.45, 7) is 2.01. The lowest BCUT2D eigenvalue weighted by molar-refractivity contribution is -0.110. The first-order valence-corrected chi connectivity index (χ1v) is 8.72. The summed E-state index contributed by atoms with van der Waals surface area (Å²) in [6, 6.07) is 17.0. The Bertz CT molecular complexity index is 905. The fraction of sp³-hybridized carbons (Fsp3) is 0.111. The zero-order valence-corrected chi connectivity index (χ0v) is 15.2. The second-order valence-electron chi connectivity index (χ2n) is 5.54. The van der Waals surface area contributed by atoms with Crippen molar-refractivity contribution in [2.24, 2.45) is 12.1 Å². The Morgan fingerprint density at radius 1 is 1.08 bits per heavy atom. The van der Waals surface area contributed by atoms with Crippen molar-refractivity contribution in [3.05, 3.63) is 66.5 Å². The standard InChI is InChI=1S/C18H18N6OS/c1-13-8-10-15(11-9-13)21-22-17(26-18-23-19-12-24(18)2)16(25)20-14-6-4-3-5-7-14/h3-12,21H,1-2H3,(H,20,25)/b22-17-. The number of aromatic nitrogens is 3. The van der Waals surface area contributed by atoms with Crippen molar-refractivity contribution in [2.75, 3.05) is 10.7 Å². The molecule has 8 heteroatoms. The minimum Gasteiger partial charge on any atom is -0.320 e. The van der Waals surface area contributed by atoms with Gasteiger partial charge in [0.05, 0.1) is 5.69 Å². The first-order chi connectivity index (χ1) is 12.6. The number of aryl methyl sites for hydroxylation is 2. The summed E-state index contributed by atoms with van der Waals surface area (Å²) < 4.78 is 1.72. The molecule has 0 aliphatic rings. The first-order valence-electron chi connectivity index (χ1n) is 7.90. The van der Waals surface area contributed by atoms with Gasteiger partial charge in [0.2, 0.25) is 0 Å². The number of carbonyl (C=O) groups is 1. The highest BCUT2D eigenvalue weighted by molar-refractivity contribution is 8.15. The van der Waals surface area contributed by atoms with Crippen LogP contribution in [-0.2, 0) is 11.8 Å². The Labute approximate surface area is 155 Å². The van der Waals surface area contributed by atoms with Crippen LogP contribution < -0.4 is 10.7 Å². The van der Waals surface area contributed by atoms with Crippen LogP contribution in [0.2, 0.25) is 0 Å². The summed E-state index contributed by atoms with van der Waals surface area (Å²) in [7, 11) is 1.81. The maximum Gasteiger partial charge on any atom is 0.283 e. The topological polar surface area (TPSA) is 84.2 Å². The molecule has 0 saturated carbocycles. The summed E-state index contributed by atoms with van der Waals surface area (Å²) in [5, 5.41) is 15.7. The van der Waals surface area contributed by atoms with Crippen LogP contribution in [0.3, 0.4) is 0 Å². The molecule has 2 N–H and O–H groups in total. The molecule has 0 aliphatic carbocycles. The van der Waals surface area contributed by atoms with E-state index in [1.807, 2.05) is 68.6 Å². The molecule has 0 radical (unpaired) electrons. The van der Waals surface area contributed by atoms with Gasteiger partial charge >= 0.3 is 0 Å². The summed E-state index contributed by atoms with van der Waals surface area (Å²) in [4.78, 5) is 12.7. The van der Waals surface area contributed by atoms with Crippen molar-refractivity contribution in [3.8, 4) is 0 Å². The Hall–Kier alpha value is -3.13. The second-order valence-corrected chi connectivity index (χ2v) is 6.50. The van der Waals surface area contributed by atoms with E-state index in [0.29, 0.717) is 10.8 Å². The summed E-state index contributed by atoms with van der Waals surface area (Å²) in [6.07, 6.45) is 1.57. The molecule has 3 rings (SSSR count). The number of hydrogen-bond acceptors (Lipinski definition) is 6. The highest BCUT2D eigenvalue weighted by Gasteiger charge is 2.17. The molecule has 3 aromatic rings. The molecule has 0 spiro atoms. The molecule has 0 unspecified atom stereocenters. The molecule has 0 fully saturated rings. The lowest BCUT2D eigenvalue weighted by Gasteiger charge is -2.08. The summed E-state index contributed by atoms with van der Waals surface area (Å²) in [5.74, 6) is -0.330. The molecule has 1 aromatic heterocycles. The van der Waals surface area contributed by atoms with E-state index in [1.54, 1.807) is 10.9 Å². The van der Waals surface area contributed by atoms with Crippen molar-refractivity contribution >= 4 is 34.1 Å². The molecule has 0 saturated heterocycles. The van der Waals surface area contributed by atoms with Crippen LogP contribution in [0.5, 0.6) is 0 Å². The van der Waals surface area contributed by atoms with Crippen LogP contribution in [0.1, 0.15) is 5.56 Å². The number of benzene rings is 2. The van der Waals surface area contributed by atoms with E-state index in [0.717, 1.165) is 23.0 Å². The van der Waals surface area contributed by atoms with Crippen molar-refractivity contribution < 1.29 is 4.79 Å². The molecule has 0 bridgehead atoms. The largest absolute Gasteiger partial charge is 0.320 e. The van der Waals surface area contributed by atoms with Crippen LogP contribution >= 0.6 is 11.8 Å². The Morgan fingerprint density at radius 2 is 1.81 bits per heavy atom. The van der Waals surface area contributed by atoms with E-state index >= 15 is 0 Å². The van der Waals surface area contributed by atoms with E-state index < -0.39 is 0 Å². The van der Waals surface area contributed by atoms with Gasteiger partial charge < -0.3 is 9.88 Å². The molecule has 7 nitrogen and oxygen atoms in total. The van der Waals surface area contributed by atoms with E-state index in [9.17, 15) is 4.79 Å². The van der Waals surface area contributed by atoms with Crippen LogP contribution in [0, 0.1) is 6.92 Å². The number of para-hydroxylation sites is 1. The number of nitrogens with zero attached hydrogens (tertiary/aromatic N) is 4. The van der Waals surface area contributed by atoms with E-state index in [4.69, 9.17) is 0 Å². The fourth-order valence-electron chi connectivity index (χ4n) is 2.02. The molecule has 132 valence electrons. The van der Waals surface area contributed by atoms with Gasteiger partial charge in [0.1, 0.15) is 6.33 Å². The number of anilines is 2. The zero-order chi connectivity index (χ0) is 18.4. The number of amides is 1. The average Bonchev–Trinajstić information content (AvgIpc) is 3.05. The third-order valence-electron chi connectivity index (χ3n) is 3.42. The van der Waals surface area contributed by atoms with Gasteiger partial charge in [0.25, 0.3) is 5.91 Å². The minimum absolute atomic E-state index is 0.227. The first kappa shape index (κ1) is 17.7. The normalized spacial score (nSPS) is 11.2. The lowest BCUT2D eigenvalue weighted by Crippen LogP contribution is -2.22. The van der Waals surface area contributed by atoms with E-state index in [-0.39, 0.29) is 11.0 Å². The molecule has 1 amide bonds. The highest BCUT2D eigenvalue weighted by atomic mass is 32.2. The SMILES string of the molecule is Cc1ccc(N/N=C(\Sc2nncn2C)C(=O)Nc2ccccc2)cc1. The van der Waals surface area contributed by atoms with Gasteiger partial charge in [-0.2, -0.15) is 5.10 Å². The molecule has 26 heavy (non-hydrogen) atoms. The van der Waals surface area contributed by atoms with E-state index in [1.165, 1.54) is 0 Å². The van der Waals surface area contributed by atoms with Crippen molar-refractivity contribution in [3.63, 3.8) is 0 Å². The monoisotopic (exact) mass is 366 g/mol. The Morgan fingerprint density at radius 3 is 2.46 bits per heavy atom. The van der Waals surface area contributed by atoms with E-state index in [2.05, 4.69) is 26.0 Å². The second kappa shape index (κ2) is 8.30. The summed E-state index contributed by atoms with van der Waals surface area (Å²) >= 11 is 1.14. The number of rotatable bonds is 4. The summed E-state index contributed by atoms with van der Waals surface area (Å²) in [5.41, 5.74) is 5.55. The maximum absolute atomic E-state index is 12.7. The minimum atomic E-state index is -0.330. The number of nitrogens with one attached hydrogen (secondary N) is 2. The molecule has 0 aliphatic heterocycles. The van der Waals surface area contributed by atoms with Crippen LogP contribution in [-0.4, -0.2) is 25.7 Å². The number of thioether (sulfide) groups is 1. The number of hydrogen-bond donors (Lipinski definition) is 2. The van der Waals surface area contributed by atoms with Gasteiger partial charge in [-0.05, 0) is 43.0 Å². The predicted octanol–water partition coefficient (Wildman–Crippen LogP) is 3.28. The number of hydrazone groups is 1. The highest BCUT2D eigenvalue weighted by Crippen LogP contribution is 2.18. The molecular formula is C18H18N6OS. The van der Waals surface area contributed by atoms with Crippen molar-refractivity contribution in [1.29, 1.82) is 0 Å². The smallest absolute Gasteiger partial charge is 0.283 e. The maximum atomic E-state index is 12.7. The average molecular weight is 366 g/mol. The van der Waals surface area contributed by atoms with Gasteiger partial charge in [0.15, 0.2) is 10.2 Å².